The van der Waals surface area contributed by atoms with Gasteiger partial charge in [0.2, 0.25) is 0 Å². The summed E-state index contributed by atoms with van der Waals surface area (Å²) in [5.74, 6) is 0.0960. The smallest absolute Gasteiger partial charge is 0.273 e. The summed E-state index contributed by atoms with van der Waals surface area (Å²) >= 11 is 3.37. The molecule has 0 unspecified atom stereocenters. The van der Waals surface area contributed by atoms with E-state index >= 15 is 0 Å². The quantitative estimate of drug-likeness (QED) is 0.824. The lowest BCUT2D eigenvalue weighted by molar-refractivity contribution is 0.0779. The van der Waals surface area contributed by atoms with Crippen LogP contribution in [-0.2, 0) is 6.54 Å². The van der Waals surface area contributed by atoms with Crippen LogP contribution >= 0.6 is 15.9 Å². The van der Waals surface area contributed by atoms with Crippen LogP contribution in [0.4, 0.5) is 0 Å². The van der Waals surface area contributed by atoms with Gasteiger partial charge in [-0.15, -0.1) is 0 Å². The maximum atomic E-state index is 12.1. The summed E-state index contributed by atoms with van der Waals surface area (Å²) in [5, 5.41) is 4.15. The van der Waals surface area contributed by atoms with Crippen molar-refractivity contribution in [2.24, 2.45) is 0 Å². The largest absolute Gasteiger partial charge is 0.337 e. The number of halogens is 1. The number of likely N-dealkylation sites (tertiary alicyclic amines) is 1. The summed E-state index contributed by atoms with van der Waals surface area (Å²) in [7, 11) is 0. The zero-order valence-corrected chi connectivity index (χ0v) is 10.3. The summed E-state index contributed by atoms with van der Waals surface area (Å²) in [4.78, 5) is 14.0. The van der Waals surface area contributed by atoms with E-state index in [4.69, 9.17) is 0 Å². The predicted octanol–water partition coefficient (Wildman–Crippen LogP) is 1.90. The molecule has 1 aromatic rings. The van der Waals surface area contributed by atoms with Crippen molar-refractivity contribution in [1.82, 2.24) is 14.7 Å². The van der Waals surface area contributed by atoms with Gasteiger partial charge in [0, 0.05) is 19.6 Å². The molecule has 0 atom stereocenters. The van der Waals surface area contributed by atoms with Crippen LogP contribution in [0.1, 0.15) is 30.3 Å². The highest BCUT2D eigenvalue weighted by Gasteiger charge is 2.24. The van der Waals surface area contributed by atoms with Crippen molar-refractivity contribution in [3.8, 4) is 0 Å². The number of rotatable bonds is 2. The van der Waals surface area contributed by atoms with E-state index in [0.29, 0.717) is 5.69 Å². The Hall–Kier alpha value is -0.840. The number of carbonyl (C=O) groups excluding carboxylic acids is 1. The molecule has 1 fully saturated rings. The van der Waals surface area contributed by atoms with Gasteiger partial charge in [-0.25, -0.2) is 0 Å². The highest BCUT2D eigenvalue weighted by Crippen LogP contribution is 2.20. The Morgan fingerprint density at radius 2 is 2.20 bits per heavy atom. The van der Waals surface area contributed by atoms with E-state index in [1.165, 1.54) is 0 Å². The molecule has 2 heterocycles. The zero-order chi connectivity index (χ0) is 10.8. The molecule has 4 nitrogen and oxygen atoms in total. The van der Waals surface area contributed by atoms with Gasteiger partial charge in [-0.05, 0) is 35.7 Å². The topological polar surface area (TPSA) is 38.1 Å². The van der Waals surface area contributed by atoms with Gasteiger partial charge in [-0.1, -0.05) is 0 Å². The Morgan fingerprint density at radius 3 is 2.80 bits per heavy atom. The molecule has 0 bridgehead atoms. The second-order valence-electron chi connectivity index (χ2n) is 3.66. The monoisotopic (exact) mass is 271 g/mol. The molecule has 5 heteroatoms. The van der Waals surface area contributed by atoms with Crippen molar-refractivity contribution >= 4 is 21.8 Å². The maximum Gasteiger partial charge on any atom is 0.273 e. The molecule has 15 heavy (non-hydrogen) atoms. The second kappa shape index (κ2) is 4.35. The molecule has 0 radical (unpaired) electrons. The number of hydrogen-bond donors (Lipinski definition) is 0. The molecular formula is C10H14BrN3O. The number of nitrogens with zero attached hydrogens (tertiary/aromatic N) is 3. The molecule has 0 saturated carbocycles. The highest BCUT2D eigenvalue weighted by molar-refractivity contribution is 9.10. The van der Waals surface area contributed by atoms with E-state index < -0.39 is 0 Å². The average molecular weight is 272 g/mol. The summed E-state index contributed by atoms with van der Waals surface area (Å²) in [5.41, 5.74) is 0.680. The number of amides is 1. The Kier molecular flexibility index (Phi) is 3.09. The first kappa shape index (κ1) is 10.7. The van der Waals surface area contributed by atoms with E-state index in [0.717, 1.165) is 36.9 Å². The normalized spacial score (nSPS) is 16.0. The molecule has 0 aliphatic carbocycles. The van der Waals surface area contributed by atoms with E-state index in [-0.39, 0.29) is 5.91 Å². The van der Waals surface area contributed by atoms with Crippen LogP contribution in [0, 0.1) is 0 Å². The third kappa shape index (κ3) is 1.93. The van der Waals surface area contributed by atoms with Crippen LogP contribution in [0.25, 0.3) is 0 Å². The summed E-state index contributed by atoms with van der Waals surface area (Å²) in [6.45, 7) is 4.46. The number of aryl methyl sites for hydroxylation is 1. The third-order valence-corrected chi connectivity index (χ3v) is 3.27. The Labute approximate surface area is 97.4 Å². The van der Waals surface area contributed by atoms with Crippen LogP contribution in [0.5, 0.6) is 0 Å². The second-order valence-corrected chi connectivity index (χ2v) is 4.51. The molecule has 1 aliphatic rings. The molecule has 1 amide bonds. The standard InChI is InChI=1S/C10H14BrN3O/c1-2-14-9(8(11)7-12-14)10(15)13-5-3-4-6-13/h7H,2-6H2,1H3. The first-order valence-electron chi connectivity index (χ1n) is 5.24. The molecule has 2 rings (SSSR count). The van der Waals surface area contributed by atoms with E-state index in [9.17, 15) is 4.79 Å². The fraction of sp³-hybridized carbons (Fsp3) is 0.600. The number of aromatic nitrogens is 2. The van der Waals surface area contributed by atoms with Crippen molar-refractivity contribution < 1.29 is 4.79 Å². The van der Waals surface area contributed by atoms with Gasteiger partial charge < -0.3 is 4.90 Å². The number of carbonyl (C=O) groups is 1. The lowest BCUT2D eigenvalue weighted by Gasteiger charge is -2.15. The van der Waals surface area contributed by atoms with Crippen molar-refractivity contribution in [3.63, 3.8) is 0 Å². The van der Waals surface area contributed by atoms with Gasteiger partial charge in [-0.3, -0.25) is 9.48 Å². The fourth-order valence-corrected chi connectivity index (χ4v) is 2.35. The molecule has 1 saturated heterocycles. The van der Waals surface area contributed by atoms with Crippen LogP contribution < -0.4 is 0 Å². The predicted molar refractivity (Wildman–Crippen MR) is 60.7 cm³/mol. The lowest BCUT2D eigenvalue weighted by atomic mass is 10.3. The highest BCUT2D eigenvalue weighted by atomic mass is 79.9. The minimum Gasteiger partial charge on any atom is -0.337 e. The molecular weight excluding hydrogens is 258 g/mol. The Morgan fingerprint density at radius 1 is 1.53 bits per heavy atom. The van der Waals surface area contributed by atoms with E-state index in [1.54, 1.807) is 10.9 Å². The fourth-order valence-electron chi connectivity index (χ4n) is 1.88. The van der Waals surface area contributed by atoms with Crippen LogP contribution in [0.15, 0.2) is 10.7 Å². The Balaban J connectivity index is 2.27. The first-order valence-corrected chi connectivity index (χ1v) is 6.04. The van der Waals surface area contributed by atoms with Crippen molar-refractivity contribution in [2.75, 3.05) is 13.1 Å². The van der Waals surface area contributed by atoms with Crippen LogP contribution in [-0.4, -0.2) is 33.7 Å². The maximum absolute atomic E-state index is 12.1. The van der Waals surface area contributed by atoms with Gasteiger partial charge in [0.05, 0.1) is 10.7 Å². The average Bonchev–Trinajstić information content (AvgIpc) is 2.85. The third-order valence-electron chi connectivity index (χ3n) is 2.69. The van der Waals surface area contributed by atoms with Gasteiger partial charge in [-0.2, -0.15) is 5.10 Å². The summed E-state index contributed by atoms with van der Waals surface area (Å²) in [6.07, 6.45) is 3.92. The van der Waals surface area contributed by atoms with Crippen molar-refractivity contribution in [1.29, 1.82) is 0 Å². The molecule has 1 aliphatic heterocycles. The van der Waals surface area contributed by atoms with E-state index in [2.05, 4.69) is 21.0 Å². The molecule has 0 aromatic carbocycles. The number of hydrogen-bond acceptors (Lipinski definition) is 2. The van der Waals surface area contributed by atoms with Gasteiger partial charge >= 0.3 is 0 Å². The minimum atomic E-state index is 0.0960. The van der Waals surface area contributed by atoms with Gasteiger partial charge in [0.1, 0.15) is 5.69 Å². The van der Waals surface area contributed by atoms with Crippen LogP contribution in [0.3, 0.4) is 0 Å². The van der Waals surface area contributed by atoms with Crippen molar-refractivity contribution in [3.05, 3.63) is 16.4 Å². The SMILES string of the molecule is CCn1ncc(Br)c1C(=O)N1CCCC1. The minimum absolute atomic E-state index is 0.0960. The summed E-state index contributed by atoms with van der Waals surface area (Å²) < 4.78 is 2.53. The van der Waals surface area contributed by atoms with Crippen LogP contribution in [0.2, 0.25) is 0 Å². The van der Waals surface area contributed by atoms with E-state index in [1.807, 2.05) is 11.8 Å². The molecule has 0 N–H and O–H groups in total. The Bertz CT molecular complexity index is 369. The lowest BCUT2D eigenvalue weighted by Crippen LogP contribution is -2.30. The molecule has 0 spiro atoms. The molecule has 82 valence electrons. The van der Waals surface area contributed by atoms with Crippen molar-refractivity contribution in [2.45, 2.75) is 26.3 Å². The van der Waals surface area contributed by atoms with Gasteiger partial charge in [0.15, 0.2) is 0 Å². The zero-order valence-electron chi connectivity index (χ0n) is 8.74. The summed E-state index contributed by atoms with van der Waals surface area (Å²) in [6, 6.07) is 0. The van der Waals surface area contributed by atoms with Gasteiger partial charge in [0.25, 0.3) is 5.91 Å². The first-order chi connectivity index (χ1) is 7.24. The molecule has 1 aromatic heterocycles.